The van der Waals surface area contributed by atoms with Crippen molar-refractivity contribution in [3.63, 3.8) is 0 Å². The van der Waals surface area contributed by atoms with Gasteiger partial charge < -0.3 is 4.74 Å². The predicted molar refractivity (Wildman–Crippen MR) is 102 cm³/mol. The van der Waals surface area contributed by atoms with Crippen LogP contribution in [-0.4, -0.2) is 12.1 Å². The summed E-state index contributed by atoms with van der Waals surface area (Å²) in [5.74, 6) is -1.35. The molecule has 0 atom stereocenters. The number of allylic oxidation sites excluding steroid dienone is 2. The van der Waals surface area contributed by atoms with Crippen molar-refractivity contribution in [3.05, 3.63) is 47.0 Å². The molecule has 152 valence electrons. The third-order valence-electron chi connectivity index (χ3n) is 6.14. The molecule has 0 unspecified atom stereocenters. The van der Waals surface area contributed by atoms with Crippen LogP contribution in [0, 0.1) is 40.3 Å². The summed E-state index contributed by atoms with van der Waals surface area (Å²) in [4.78, 5) is 12.5. The number of ether oxygens (including phenoxy) is 1. The Kier molecular flexibility index (Phi) is 6.99. The number of halogens is 2. The van der Waals surface area contributed by atoms with Crippen molar-refractivity contribution in [2.45, 2.75) is 63.4 Å². The van der Waals surface area contributed by atoms with Crippen LogP contribution in [0.2, 0.25) is 0 Å². The highest BCUT2D eigenvalue weighted by atomic mass is 19.1. The lowest BCUT2D eigenvalue weighted by Crippen LogP contribution is -2.29. The van der Waals surface area contributed by atoms with E-state index < -0.39 is 11.6 Å². The predicted octanol–water partition coefficient (Wildman–Crippen LogP) is 5.45. The van der Waals surface area contributed by atoms with Crippen LogP contribution >= 0.6 is 0 Å². The van der Waals surface area contributed by atoms with E-state index in [0.717, 1.165) is 31.2 Å². The molecule has 2 saturated carbocycles. The fraction of sp³-hybridized carbons (Fsp3) is 0.522. The molecule has 0 bridgehead atoms. The zero-order valence-electron chi connectivity index (χ0n) is 16.2. The lowest BCUT2D eigenvalue weighted by molar-refractivity contribution is -0.157. The smallest absolute Gasteiger partial charge is 0.309 e. The summed E-state index contributed by atoms with van der Waals surface area (Å²) in [7, 11) is 0. The molecule has 0 heterocycles. The van der Waals surface area contributed by atoms with E-state index in [0.29, 0.717) is 25.7 Å². The summed E-state index contributed by atoms with van der Waals surface area (Å²) in [6.45, 7) is 0. The van der Waals surface area contributed by atoms with Crippen LogP contribution in [0.1, 0.15) is 68.4 Å². The van der Waals surface area contributed by atoms with Crippen molar-refractivity contribution < 1.29 is 18.3 Å². The number of nitriles is 2. The van der Waals surface area contributed by atoms with Gasteiger partial charge in [0.25, 0.3) is 0 Å². The molecule has 29 heavy (non-hydrogen) atoms. The Morgan fingerprint density at radius 3 is 2.34 bits per heavy atom. The second-order valence-corrected chi connectivity index (χ2v) is 8.00. The van der Waals surface area contributed by atoms with E-state index in [9.17, 15) is 13.6 Å². The van der Waals surface area contributed by atoms with Gasteiger partial charge >= 0.3 is 5.97 Å². The number of carbonyl (C=O) groups is 1. The minimum absolute atomic E-state index is 0.0157. The molecule has 1 aromatic carbocycles. The van der Waals surface area contributed by atoms with E-state index in [-0.39, 0.29) is 35.4 Å². The molecule has 2 aliphatic rings. The zero-order valence-corrected chi connectivity index (χ0v) is 16.2. The standard InChI is InChI=1S/C23H24F2N2O2/c24-20(14-27)11-15-1-3-17(4-2-15)23(28)29-21-9-7-16(8-10-21)18-5-6-19(13-26)22(25)12-18/h5-6,11-12,15-17,21H,1-4,7-10H2/b20-11+. The Balaban J connectivity index is 1.45. The molecule has 0 amide bonds. The van der Waals surface area contributed by atoms with Crippen LogP contribution in [0.3, 0.4) is 0 Å². The van der Waals surface area contributed by atoms with Gasteiger partial charge in [0.15, 0.2) is 5.83 Å². The fourth-order valence-corrected chi connectivity index (χ4v) is 4.42. The third-order valence-corrected chi connectivity index (χ3v) is 6.14. The van der Waals surface area contributed by atoms with Crippen molar-refractivity contribution in [2.75, 3.05) is 0 Å². The van der Waals surface area contributed by atoms with Crippen LogP contribution in [-0.2, 0) is 9.53 Å². The van der Waals surface area contributed by atoms with Crippen molar-refractivity contribution in [1.82, 2.24) is 0 Å². The molecule has 0 aliphatic heterocycles. The van der Waals surface area contributed by atoms with Gasteiger partial charge in [-0.2, -0.15) is 14.9 Å². The first kappa shape index (κ1) is 21.0. The first-order valence-corrected chi connectivity index (χ1v) is 10.2. The highest BCUT2D eigenvalue weighted by Gasteiger charge is 2.31. The van der Waals surface area contributed by atoms with E-state index in [1.807, 2.05) is 6.07 Å². The number of nitrogens with zero attached hydrogens (tertiary/aromatic N) is 2. The van der Waals surface area contributed by atoms with Gasteiger partial charge in [-0.05, 0) is 87.0 Å². The number of benzene rings is 1. The van der Waals surface area contributed by atoms with Crippen LogP contribution in [0.15, 0.2) is 30.1 Å². The summed E-state index contributed by atoms with van der Waals surface area (Å²) in [6, 6.07) is 8.09. The molecule has 0 aromatic heterocycles. The molecule has 0 saturated heterocycles. The van der Waals surface area contributed by atoms with Crippen molar-refractivity contribution in [3.8, 4) is 12.1 Å². The maximum Gasteiger partial charge on any atom is 0.309 e. The highest BCUT2D eigenvalue weighted by molar-refractivity contribution is 5.72. The van der Waals surface area contributed by atoms with E-state index >= 15 is 0 Å². The van der Waals surface area contributed by atoms with Crippen LogP contribution in [0.25, 0.3) is 0 Å². The molecule has 0 radical (unpaired) electrons. The first-order valence-electron chi connectivity index (χ1n) is 10.2. The van der Waals surface area contributed by atoms with Crippen LogP contribution in [0.5, 0.6) is 0 Å². The Hall–Kier alpha value is -2.73. The van der Waals surface area contributed by atoms with Crippen LogP contribution < -0.4 is 0 Å². The summed E-state index contributed by atoms with van der Waals surface area (Å²) in [5, 5.41) is 17.4. The molecule has 1 aromatic rings. The number of esters is 1. The van der Waals surface area contributed by atoms with Crippen molar-refractivity contribution in [2.24, 2.45) is 11.8 Å². The van der Waals surface area contributed by atoms with E-state index in [1.165, 1.54) is 24.3 Å². The van der Waals surface area contributed by atoms with Gasteiger partial charge in [0.05, 0.1) is 11.5 Å². The first-order chi connectivity index (χ1) is 14.0. The Bertz CT molecular complexity index is 853. The minimum atomic E-state index is -0.755. The molecule has 2 aliphatic carbocycles. The largest absolute Gasteiger partial charge is 0.462 e. The SMILES string of the molecule is N#C/C(F)=C\C1CCC(C(=O)OC2CCC(c3ccc(C#N)c(F)c3)CC2)CC1. The monoisotopic (exact) mass is 398 g/mol. The maximum absolute atomic E-state index is 13.8. The second-order valence-electron chi connectivity index (χ2n) is 8.00. The Morgan fingerprint density at radius 2 is 1.76 bits per heavy atom. The average molecular weight is 398 g/mol. The molecule has 0 spiro atoms. The number of rotatable bonds is 4. The quantitative estimate of drug-likeness (QED) is 0.499. The second kappa shape index (κ2) is 9.65. The van der Waals surface area contributed by atoms with Gasteiger partial charge in [0.2, 0.25) is 0 Å². The Morgan fingerprint density at radius 1 is 1.07 bits per heavy atom. The highest BCUT2D eigenvalue weighted by Crippen LogP contribution is 2.36. The molecule has 0 N–H and O–H groups in total. The Labute approximate surface area is 169 Å². The van der Waals surface area contributed by atoms with Gasteiger partial charge in [-0.15, -0.1) is 0 Å². The molecule has 3 rings (SSSR count). The third kappa shape index (κ3) is 5.41. The normalized spacial score (nSPS) is 27.5. The van der Waals surface area contributed by atoms with Crippen molar-refractivity contribution in [1.29, 1.82) is 10.5 Å². The minimum Gasteiger partial charge on any atom is -0.462 e. The van der Waals surface area contributed by atoms with E-state index in [2.05, 4.69) is 0 Å². The molecule has 2 fully saturated rings. The molecule has 4 nitrogen and oxygen atoms in total. The van der Waals surface area contributed by atoms with Gasteiger partial charge in [0, 0.05) is 0 Å². The lowest BCUT2D eigenvalue weighted by atomic mass is 9.81. The van der Waals surface area contributed by atoms with Gasteiger partial charge in [-0.1, -0.05) is 6.07 Å². The summed E-state index contributed by atoms with van der Waals surface area (Å²) in [5.41, 5.74) is 0.944. The molecular weight excluding hydrogens is 374 g/mol. The summed E-state index contributed by atoms with van der Waals surface area (Å²) >= 11 is 0. The number of hydrogen-bond donors (Lipinski definition) is 0. The fourth-order valence-electron chi connectivity index (χ4n) is 4.42. The van der Waals surface area contributed by atoms with E-state index in [1.54, 1.807) is 6.07 Å². The number of hydrogen-bond acceptors (Lipinski definition) is 4. The average Bonchev–Trinajstić information content (AvgIpc) is 2.74. The number of carbonyl (C=O) groups excluding carboxylic acids is 1. The topological polar surface area (TPSA) is 73.9 Å². The maximum atomic E-state index is 13.8. The molecular formula is C23H24F2N2O2. The van der Waals surface area contributed by atoms with Gasteiger partial charge in [-0.3, -0.25) is 4.79 Å². The zero-order chi connectivity index (χ0) is 20.8. The lowest BCUT2D eigenvalue weighted by Gasteiger charge is -2.31. The van der Waals surface area contributed by atoms with Crippen LogP contribution in [0.4, 0.5) is 8.78 Å². The molecule has 6 heteroatoms. The summed E-state index contributed by atoms with van der Waals surface area (Å²) < 4.78 is 32.6. The van der Waals surface area contributed by atoms with E-state index in [4.69, 9.17) is 15.3 Å². The van der Waals surface area contributed by atoms with Gasteiger partial charge in [0.1, 0.15) is 24.1 Å². The summed E-state index contributed by atoms with van der Waals surface area (Å²) in [6.07, 6.45) is 7.02. The van der Waals surface area contributed by atoms with Crippen molar-refractivity contribution >= 4 is 5.97 Å². The van der Waals surface area contributed by atoms with Gasteiger partial charge in [-0.25, -0.2) is 4.39 Å².